The fraction of sp³-hybridized carbons (Fsp3) is 0.250. The maximum Gasteiger partial charge on any atom is 0.116 e. The molecule has 2 rings (SSSR count). The van der Waals surface area contributed by atoms with Gasteiger partial charge in [0.05, 0.1) is 12.6 Å². The van der Waals surface area contributed by atoms with Crippen LogP contribution in [0.25, 0.3) is 0 Å². The number of aliphatic imine (C=N–C) groups is 1. The van der Waals surface area contributed by atoms with E-state index in [4.69, 9.17) is 5.26 Å². The number of fused-ring (bicyclic) bond motifs is 1. The van der Waals surface area contributed by atoms with Gasteiger partial charge in [-0.15, -0.1) is 11.3 Å². The van der Waals surface area contributed by atoms with Crippen molar-refractivity contribution in [1.29, 1.82) is 5.26 Å². The van der Waals surface area contributed by atoms with Gasteiger partial charge in [-0.3, -0.25) is 4.99 Å². The molecule has 2 nitrogen and oxygen atoms in total. The van der Waals surface area contributed by atoms with Crippen LogP contribution in [0.2, 0.25) is 0 Å². The minimum atomic E-state index is -0.0984. The van der Waals surface area contributed by atoms with E-state index in [-0.39, 0.29) is 5.92 Å². The quantitative estimate of drug-likeness (QED) is 0.574. The lowest BCUT2D eigenvalue weighted by atomic mass is 10.0. The Morgan fingerprint density at radius 1 is 1.73 bits per heavy atom. The van der Waals surface area contributed by atoms with Gasteiger partial charge in [-0.2, -0.15) is 5.26 Å². The third-order valence-electron chi connectivity index (χ3n) is 1.72. The van der Waals surface area contributed by atoms with Crippen molar-refractivity contribution >= 4 is 17.6 Å². The Hall–Kier alpha value is -1.14. The van der Waals surface area contributed by atoms with Crippen LogP contribution in [0.4, 0.5) is 0 Å². The van der Waals surface area contributed by atoms with Gasteiger partial charge >= 0.3 is 0 Å². The molecule has 1 aliphatic rings. The summed E-state index contributed by atoms with van der Waals surface area (Å²) < 4.78 is 0. The van der Waals surface area contributed by atoms with Crippen LogP contribution in [-0.2, 0) is 6.54 Å². The van der Waals surface area contributed by atoms with Crippen LogP contribution in [0.3, 0.4) is 0 Å². The second-order valence-corrected chi connectivity index (χ2v) is 3.35. The van der Waals surface area contributed by atoms with Crippen molar-refractivity contribution in [2.45, 2.75) is 12.5 Å². The van der Waals surface area contributed by atoms with E-state index in [9.17, 15) is 0 Å². The Bertz CT molecular complexity index is 332. The summed E-state index contributed by atoms with van der Waals surface area (Å²) in [7, 11) is 0. The zero-order valence-corrected chi connectivity index (χ0v) is 6.64. The average molecular weight is 162 g/mol. The first kappa shape index (κ1) is 6.56. The summed E-state index contributed by atoms with van der Waals surface area (Å²) in [6.07, 6.45) is 1.73. The molecule has 1 atom stereocenters. The van der Waals surface area contributed by atoms with E-state index in [0.717, 1.165) is 6.54 Å². The van der Waals surface area contributed by atoms with Crippen LogP contribution in [0.1, 0.15) is 16.4 Å². The van der Waals surface area contributed by atoms with Crippen LogP contribution in [0, 0.1) is 11.3 Å². The minimum absolute atomic E-state index is 0.0984. The summed E-state index contributed by atoms with van der Waals surface area (Å²) in [6, 6.07) is 4.25. The van der Waals surface area contributed by atoms with Gasteiger partial charge < -0.3 is 0 Å². The molecule has 0 fully saturated rings. The average Bonchev–Trinajstić information content (AvgIpc) is 2.50. The van der Waals surface area contributed by atoms with Crippen LogP contribution in [0.15, 0.2) is 16.4 Å². The van der Waals surface area contributed by atoms with Gasteiger partial charge in [-0.25, -0.2) is 0 Å². The zero-order valence-electron chi connectivity index (χ0n) is 5.82. The number of nitrogens with zero attached hydrogens (tertiary/aromatic N) is 2. The monoisotopic (exact) mass is 162 g/mol. The largest absolute Gasteiger partial charge is 0.291 e. The zero-order chi connectivity index (χ0) is 7.68. The lowest BCUT2D eigenvalue weighted by Crippen LogP contribution is -2.03. The Morgan fingerprint density at radius 3 is 3.45 bits per heavy atom. The molecule has 0 radical (unpaired) electrons. The summed E-state index contributed by atoms with van der Waals surface area (Å²) in [5.74, 6) is -0.0984. The highest BCUT2D eigenvalue weighted by molar-refractivity contribution is 7.10. The van der Waals surface area contributed by atoms with E-state index < -0.39 is 0 Å². The Labute approximate surface area is 68.8 Å². The number of rotatable bonds is 0. The molecule has 54 valence electrons. The number of thiophene rings is 1. The van der Waals surface area contributed by atoms with Gasteiger partial charge in [0.1, 0.15) is 5.92 Å². The van der Waals surface area contributed by atoms with Gasteiger partial charge in [0, 0.05) is 11.1 Å². The van der Waals surface area contributed by atoms with Crippen LogP contribution in [-0.4, -0.2) is 6.21 Å². The van der Waals surface area contributed by atoms with Crippen molar-refractivity contribution in [3.63, 3.8) is 0 Å². The first-order chi connectivity index (χ1) is 5.42. The van der Waals surface area contributed by atoms with Gasteiger partial charge in [0.25, 0.3) is 0 Å². The van der Waals surface area contributed by atoms with E-state index in [1.54, 1.807) is 17.6 Å². The summed E-state index contributed by atoms with van der Waals surface area (Å²) in [5.41, 5.74) is 1.21. The van der Waals surface area contributed by atoms with Crippen molar-refractivity contribution in [3.8, 4) is 6.07 Å². The normalized spacial score (nSPS) is 20.8. The Balaban J connectivity index is 2.48. The molecule has 0 bridgehead atoms. The van der Waals surface area contributed by atoms with Crippen LogP contribution in [0.5, 0.6) is 0 Å². The van der Waals surface area contributed by atoms with Crippen molar-refractivity contribution in [1.82, 2.24) is 0 Å². The lowest BCUT2D eigenvalue weighted by molar-refractivity contribution is 0.991. The molecule has 0 N–H and O–H groups in total. The molecule has 1 unspecified atom stereocenters. The summed E-state index contributed by atoms with van der Waals surface area (Å²) in [6.45, 7) is 0.747. The molecule has 1 aromatic rings. The summed E-state index contributed by atoms with van der Waals surface area (Å²) >= 11 is 1.64. The van der Waals surface area contributed by atoms with Crippen molar-refractivity contribution in [3.05, 3.63) is 21.9 Å². The van der Waals surface area contributed by atoms with Gasteiger partial charge in [0.15, 0.2) is 0 Å². The predicted molar refractivity (Wildman–Crippen MR) is 44.9 cm³/mol. The second-order valence-electron chi connectivity index (χ2n) is 2.41. The molecule has 3 heteroatoms. The number of nitriles is 1. The SMILES string of the molecule is N#CC1C=NCc2ccsc21. The van der Waals surface area contributed by atoms with E-state index in [2.05, 4.69) is 11.1 Å². The first-order valence-corrected chi connectivity index (χ1v) is 4.25. The highest BCUT2D eigenvalue weighted by Crippen LogP contribution is 2.28. The van der Waals surface area contributed by atoms with Gasteiger partial charge in [-0.1, -0.05) is 0 Å². The molecule has 2 heterocycles. The summed E-state index contributed by atoms with van der Waals surface area (Å²) in [4.78, 5) is 5.27. The van der Waals surface area contributed by atoms with E-state index in [1.165, 1.54) is 10.4 Å². The molecule has 0 aliphatic carbocycles. The molecule has 11 heavy (non-hydrogen) atoms. The molecule has 1 aromatic heterocycles. The molecule has 0 amide bonds. The van der Waals surface area contributed by atoms with E-state index in [0.29, 0.717) is 0 Å². The highest BCUT2D eigenvalue weighted by Gasteiger charge is 2.16. The summed E-state index contributed by atoms with van der Waals surface area (Å²) in [5, 5.41) is 10.7. The highest BCUT2D eigenvalue weighted by atomic mass is 32.1. The van der Waals surface area contributed by atoms with Crippen LogP contribution >= 0.6 is 11.3 Å². The number of hydrogen-bond acceptors (Lipinski definition) is 3. The fourth-order valence-corrected chi connectivity index (χ4v) is 2.09. The molecule has 0 spiro atoms. The third-order valence-corrected chi connectivity index (χ3v) is 2.76. The van der Waals surface area contributed by atoms with Crippen LogP contribution < -0.4 is 0 Å². The number of hydrogen-bond donors (Lipinski definition) is 0. The van der Waals surface area contributed by atoms with E-state index >= 15 is 0 Å². The molecule has 0 saturated heterocycles. The van der Waals surface area contributed by atoms with E-state index in [1.807, 2.05) is 11.4 Å². The molecular weight excluding hydrogens is 156 g/mol. The van der Waals surface area contributed by atoms with Crippen molar-refractivity contribution in [2.75, 3.05) is 0 Å². The van der Waals surface area contributed by atoms with Crippen molar-refractivity contribution in [2.24, 2.45) is 4.99 Å². The maximum atomic E-state index is 8.72. The second kappa shape index (κ2) is 2.48. The molecular formula is C8H6N2S. The third kappa shape index (κ3) is 0.958. The van der Waals surface area contributed by atoms with Crippen molar-refractivity contribution < 1.29 is 0 Å². The Morgan fingerprint density at radius 2 is 2.64 bits per heavy atom. The topological polar surface area (TPSA) is 36.1 Å². The first-order valence-electron chi connectivity index (χ1n) is 3.37. The standard InChI is InChI=1S/C8H6N2S/c9-3-7-5-10-4-6-1-2-11-8(6)7/h1-2,5,7H,4H2. The predicted octanol–water partition coefficient (Wildman–Crippen LogP) is 1.94. The van der Waals surface area contributed by atoms with Gasteiger partial charge in [0.2, 0.25) is 0 Å². The molecule has 0 aromatic carbocycles. The lowest BCUT2D eigenvalue weighted by Gasteiger charge is -2.08. The minimum Gasteiger partial charge on any atom is -0.291 e. The Kier molecular flexibility index (Phi) is 1.48. The molecule has 1 aliphatic heterocycles. The fourth-order valence-electron chi connectivity index (χ4n) is 1.17. The smallest absolute Gasteiger partial charge is 0.116 e. The van der Waals surface area contributed by atoms with Gasteiger partial charge in [-0.05, 0) is 17.0 Å². The molecule has 0 saturated carbocycles. The maximum absolute atomic E-state index is 8.72.